The van der Waals surface area contributed by atoms with Crippen molar-refractivity contribution in [2.24, 2.45) is 0 Å². The standard InChI is InChI=1S/C23H24N4O3/c1-23(2,3)25-22(30)18-6-4-5-15-13-27(26-20(15)18)16-9-7-14(8-10-16)17-11-12-19(28)24-21(17)29/h4-10,13,17H,11-12H2,1-3H3,(H,25,30)(H,24,28,29). The van der Waals surface area contributed by atoms with E-state index in [-0.39, 0.29) is 29.2 Å². The Kier molecular flexibility index (Phi) is 4.89. The monoisotopic (exact) mass is 404 g/mol. The van der Waals surface area contributed by atoms with Gasteiger partial charge >= 0.3 is 0 Å². The lowest BCUT2D eigenvalue weighted by Crippen LogP contribution is -2.40. The van der Waals surface area contributed by atoms with Crippen molar-refractivity contribution >= 4 is 28.6 Å². The van der Waals surface area contributed by atoms with Crippen LogP contribution in [0.1, 0.15) is 55.5 Å². The molecule has 0 bridgehead atoms. The number of aromatic nitrogens is 2. The number of nitrogens with one attached hydrogen (secondary N) is 2. The maximum Gasteiger partial charge on any atom is 0.253 e. The third-order valence-electron chi connectivity index (χ3n) is 5.07. The highest BCUT2D eigenvalue weighted by Gasteiger charge is 2.27. The molecule has 3 amide bonds. The Morgan fingerprint density at radius 1 is 1.13 bits per heavy atom. The van der Waals surface area contributed by atoms with E-state index in [1.54, 1.807) is 10.7 Å². The third-order valence-corrected chi connectivity index (χ3v) is 5.07. The van der Waals surface area contributed by atoms with Crippen molar-refractivity contribution in [3.05, 3.63) is 59.8 Å². The molecule has 1 aromatic heterocycles. The van der Waals surface area contributed by atoms with Crippen LogP contribution in [0.2, 0.25) is 0 Å². The molecule has 4 rings (SSSR count). The van der Waals surface area contributed by atoms with Gasteiger partial charge in [-0.3, -0.25) is 19.7 Å². The van der Waals surface area contributed by atoms with Crippen molar-refractivity contribution in [1.29, 1.82) is 0 Å². The molecule has 0 radical (unpaired) electrons. The predicted molar refractivity (Wildman–Crippen MR) is 113 cm³/mol. The maximum absolute atomic E-state index is 12.7. The first kappa shape index (κ1) is 19.8. The molecule has 3 aromatic rings. The van der Waals surface area contributed by atoms with Crippen LogP contribution in [0, 0.1) is 0 Å². The minimum absolute atomic E-state index is 0.161. The Morgan fingerprint density at radius 3 is 2.53 bits per heavy atom. The number of hydrogen-bond acceptors (Lipinski definition) is 4. The third kappa shape index (κ3) is 3.96. The van der Waals surface area contributed by atoms with Gasteiger partial charge in [-0.25, -0.2) is 4.68 Å². The second-order valence-corrected chi connectivity index (χ2v) is 8.62. The van der Waals surface area contributed by atoms with Crippen molar-refractivity contribution in [1.82, 2.24) is 20.4 Å². The highest BCUT2D eigenvalue weighted by Crippen LogP contribution is 2.26. The van der Waals surface area contributed by atoms with E-state index >= 15 is 0 Å². The van der Waals surface area contributed by atoms with Crippen LogP contribution in [-0.4, -0.2) is 33.0 Å². The first-order valence-corrected chi connectivity index (χ1v) is 9.96. The van der Waals surface area contributed by atoms with Gasteiger partial charge in [0.2, 0.25) is 11.8 Å². The second-order valence-electron chi connectivity index (χ2n) is 8.62. The average Bonchev–Trinajstić information content (AvgIpc) is 3.11. The van der Waals surface area contributed by atoms with Gasteiger partial charge in [-0.15, -0.1) is 0 Å². The van der Waals surface area contributed by atoms with E-state index in [1.807, 2.05) is 63.4 Å². The van der Waals surface area contributed by atoms with Crippen molar-refractivity contribution in [3.8, 4) is 5.69 Å². The highest BCUT2D eigenvalue weighted by atomic mass is 16.2. The first-order chi connectivity index (χ1) is 14.2. The van der Waals surface area contributed by atoms with Crippen molar-refractivity contribution < 1.29 is 14.4 Å². The smallest absolute Gasteiger partial charge is 0.253 e. The zero-order chi connectivity index (χ0) is 21.5. The molecule has 1 aliphatic heterocycles. The Labute approximate surface area is 174 Å². The van der Waals surface area contributed by atoms with Gasteiger partial charge in [0.25, 0.3) is 5.91 Å². The number of amides is 3. The summed E-state index contributed by atoms with van der Waals surface area (Å²) in [6.07, 6.45) is 2.74. The van der Waals surface area contributed by atoms with Crippen LogP contribution in [0.3, 0.4) is 0 Å². The molecule has 30 heavy (non-hydrogen) atoms. The molecular weight excluding hydrogens is 380 g/mol. The summed E-state index contributed by atoms with van der Waals surface area (Å²) in [5.74, 6) is -0.951. The van der Waals surface area contributed by atoms with Gasteiger partial charge in [0.1, 0.15) is 5.52 Å². The summed E-state index contributed by atoms with van der Waals surface area (Å²) in [7, 11) is 0. The summed E-state index contributed by atoms with van der Waals surface area (Å²) in [5.41, 5.74) is 2.51. The number of rotatable bonds is 3. The van der Waals surface area contributed by atoms with E-state index in [2.05, 4.69) is 15.7 Å². The first-order valence-electron chi connectivity index (χ1n) is 9.96. The molecular formula is C23H24N4O3. The van der Waals surface area contributed by atoms with Crippen LogP contribution in [0.4, 0.5) is 0 Å². The second kappa shape index (κ2) is 7.40. The molecule has 2 aromatic carbocycles. The van der Waals surface area contributed by atoms with E-state index in [4.69, 9.17) is 0 Å². The number of piperidine rings is 1. The van der Waals surface area contributed by atoms with Gasteiger partial charge in [0.05, 0.1) is 17.2 Å². The van der Waals surface area contributed by atoms with Crippen molar-refractivity contribution in [2.45, 2.75) is 45.1 Å². The van der Waals surface area contributed by atoms with Gasteiger partial charge in [-0.05, 0) is 51.0 Å². The van der Waals surface area contributed by atoms with Crippen LogP contribution >= 0.6 is 0 Å². The molecule has 2 N–H and O–H groups in total. The van der Waals surface area contributed by atoms with Crippen LogP contribution in [-0.2, 0) is 9.59 Å². The molecule has 0 saturated carbocycles. The summed E-state index contributed by atoms with van der Waals surface area (Å²) in [6, 6.07) is 13.1. The SMILES string of the molecule is CC(C)(C)NC(=O)c1cccc2cn(-c3ccc(C4CCC(=O)NC4=O)cc3)nc12. The zero-order valence-electron chi connectivity index (χ0n) is 17.2. The van der Waals surface area contributed by atoms with Gasteiger partial charge in [0.15, 0.2) is 0 Å². The number of carbonyl (C=O) groups excluding carboxylic acids is 3. The van der Waals surface area contributed by atoms with Gasteiger partial charge in [0, 0.05) is 23.5 Å². The normalized spacial score (nSPS) is 17.1. The number of nitrogens with zero attached hydrogens (tertiary/aromatic N) is 2. The molecule has 1 unspecified atom stereocenters. The molecule has 154 valence electrons. The van der Waals surface area contributed by atoms with Gasteiger partial charge < -0.3 is 5.32 Å². The lowest BCUT2D eigenvalue weighted by molar-refractivity contribution is -0.134. The summed E-state index contributed by atoms with van der Waals surface area (Å²) in [5, 5.41) is 10.9. The summed E-state index contributed by atoms with van der Waals surface area (Å²) in [6.45, 7) is 5.81. The number of carbonyl (C=O) groups is 3. The van der Waals surface area contributed by atoms with Crippen molar-refractivity contribution in [2.75, 3.05) is 0 Å². The summed E-state index contributed by atoms with van der Waals surface area (Å²) >= 11 is 0. The van der Waals surface area contributed by atoms with Crippen LogP contribution in [0.25, 0.3) is 16.6 Å². The largest absolute Gasteiger partial charge is 0.347 e. The Morgan fingerprint density at radius 2 is 1.87 bits per heavy atom. The zero-order valence-corrected chi connectivity index (χ0v) is 17.2. The van der Waals surface area contributed by atoms with Gasteiger partial charge in [-0.2, -0.15) is 5.10 Å². The number of benzene rings is 2. The molecule has 7 heteroatoms. The Hall–Kier alpha value is -3.48. The summed E-state index contributed by atoms with van der Waals surface area (Å²) < 4.78 is 1.73. The maximum atomic E-state index is 12.7. The van der Waals surface area contributed by atoms with E-state index in [0.717, 1.165) is 16.6 Å². The lowest BCUT2D eigenvalue weighted by atomic mass is 9.90. The number of hydrogen-bond donors (Lipinski definition) is 2. The quantitative estimate of drug-likeness (QED) is 0.656. The summed E-state index contributed by atoms with van der Waals surface area (Å²) in [4.78, 5) is 36.1. The minimum atomic E-state index is -0.340. The van der Waals surface area contributed by atoms with E-state index in [0.29, 0.717) is 23.9 Å². The van der Waals surface area contributed by atoms with Crippen molar-refractivity contribution in [3.63, 3.8) is 0 Å². The molecule has 1 fully saturated rings. The number of fused-ring (bicyclic) bond motifs is 1. The molecule has 1 saturated heterocycles. The Balaban J connectivity index is 1.62. The minimum Gasteiger partial charge on any atom is -0.347 e. The van der Waals surface area contributed by atoms with Crippen LogP contribution < -0.4 is 10.6 Å². The number of imide groups is 1. The molecule has 0 spiro atoms. The topological polar surface area (TPSA) is 93.1 Å². The van der Waals surface area contributed by atoms with Gasteiger partial charge in [-0.1, -0.05) is 24.3 Å². The molecule has 1 aliphatic rings. The molecule has 2 heterocycles. The fourth-order valence-electron chi connectivity index (χ4n) is 3.64. The fourth-order valence-corrected chi connectivity index (χ4v) is 3.64. The van der Waals surface area contributed by atoms with E-state index < -0.39 is 0 Å². The lowest BCUT2D eigenvalue weighted by Gasteiger charge is -2.21. The molecule has 1 atom stereocenters. The molecule has 7 nitrogen and oxygen atoms in total. The van der Waals surface area contributed by atoms with Crippen LogP contribution in [0.5, 0.6) is 0 Å². The Bertz CT molecular complexity index is 1140. The predicted octanol–water partition coefficient (Wildman–Crippen LogP) is 3.07. The highest BCUT2D eigenvalue weighted by molar-refractivity contribution is 6.05. The van der Waals surface area contributed by atoms with Crippen LogP contribution in [0.15, 0.2) is 48.7 Å². The fraction of sp³-hybridized carbons (Fsp3) is 0.304. The van der Waals surface area contributed by atoms with E-state index in [9.17, 15) is 14.4 Å². The molecule has 0 aliphatic carbocycles. The van der Waals surface area contributed by atoms with E-state index in [1.165, 1.54) is 0 Å². The average molecular weight is 404 g/mol.